The van der Waals surface area contributed by atoms with Gasteiger partial charge in [0.05, 0.1) is 12.3 Å². The molecule has 0 bridgehead atoms. The largest absolute Gasteiger partial charge is 0.406 e. The summed E-state index contributed by atoms with van der Waals surface area (Å²) in [6, 6.07) is 1.69. The Balaban J connectivity index is 2.41. The van der Waals surface area contributed by atoms with Crippen LogP contribution in [0.25, 0.3) is 11.3 Å². The Morgan fingerprint density at radius 1 is 1.37 bits per heavy atom. The van der Waals surface area contributed by atoms with Crippen LogP contribution in [-0.4, -0.2) is 20.8 Å². The molecule has 0 atom stereocenters. The first-order chi connectivity index (χ1) is 8.81. The van der Waals surface area contributed by atoms with E-state index in [0.717, 1.165) is 0 Å². The van der Waals surface area contributed by atoms with Gasteiger partial charge in [0.15, 0.2) is 0 Å². The lowest BCUT2D eigenvalue weighted by atomic mass is 10.2. The van der Waals surface area contributed by atoms with E-state index in [1.54, 1.807) is 25.3 Å². The van der Waals surface area contributed by atoms with Crippen molar-refractivity contribution in [2.75, 3.05) is 0 Å². The second-order valence-corrected chi connectivity index (χ2v) is 5.21. The maximum atomic E-state index is 12.5. The van der Waals surface area contributed by atoms with Crippen LogP contribution in [0.4, 0.5) is 13.2 Å². The number of aliphatic hydroxyl groups is 1. The highest BCUT2D eigenvalue weighted by Gasteiger charge is 2.29. The number of thiazole rings is 1. The molecule has 0 unspecified atom stereocenters. The van der Waals surface area contributed by atoms with Gasteiger partial charge in [0.25, 0.3) is 0 Å². The zero-order valence-electron chi connectivity index (χ0n) is 10.5. The molecule has 7 heteroatoms. The van der Waals surface area contributed by atoms with Crippen molar-refractivity contribution in [3.63, 3.8) is 0 Å². The first-order valence-corrected chi connectivity index (χ1v) is 6.49. The van der Waals surface area contributed by atoms with Gasteiger partial charge < -0.3 is 9.67 Å². The van der Waals surface area contributed by atoms with Gasteiger partial charge in [-0.3, -0.25) is 0 Å². The number of aryl methyl sites for hydroxylation is 1. The summed E-state index contributed by atoms with van der Waals surface area (Å²) in [5, 5.41) is 11.3. The molecule has 0 amide bonds. The lowest BCUT2D eigenvalue weighted by Gasteiger charge is -2.12. The molecule has 2 aromatic heterocycles. The Hall–Kier alpha value is -1.34. The summed E-state index contributed by atoms with van der Waals surface area (Å²) in [6.07, 6.45) is -4.25. The minimum atomic E-state index is -4.25. The van der Waals surface area contributed by atoms with Gasteiger partial charge >= 0.3 is 6.18 Å². The zero-order chi connectivity index (χ0) is 14.2. The monoisotopic (exact) mass is 290 g/mol. The Labute approximate surface area is 112 Å². The van der Waals surface area contributed by atoms with Gasteiger partial charge in [-0.15, -0.1) is 11.3 Å². The molecule has 0 saturated heterocycles. The number of rotatable bonds is 3. The van der Waals surface area contributed by atoms with Gasteiger partial charge in [0.1, 0.15) is 11.6 Å². The Kier molecular flexibility index (Phi) is 3.69. The standard InChI is InChI=1S/C12H13F3N2OS/c1-7-3-9(10-5-19-11(4-18)16-10)8(2)17(7)6-12(13,14)15/h3,5,18H,4,6H2,1-2H3. The molecule has 0 radical (unpaired) electrons. The number of alkyl halides is 3. The highest BCUT2D eigenvalue weighted by molar-refractivity contribution is 7.09. The number of aliphatic hydroxyl groups excluding tert-OH is 1. The van der Waals surface area contributed by atoms with E-state index in [4.69, 9.17) is 5.11 Å². The molecule has 0 aliphatic rings. The first-order valence-electron chi connectivity index (χ1n) is 5.61. The van der Waals surface area contributed by atoms with E-state index in [-0.39, 0.29) is 6.61 Å². The fourth-order valence-corrected chi connectivity index (χ4v) is 2.64. The maximum Gasteiger partial charge on any atom is 0.406 e. The summed E-state index contributed by atoms with van der Waals surface area (Å²) in [5.74, 6) is 0. The van der Waals surface area contributed by atoms with E-state index in [0.29, 0.717) is 27.7 Å². The van der Waals surface area contributed by atoms with Crippen LogP contribution < -0.4 is 0 Å². The Morgan fingerprint density at radius 2 is 2.05 bits per heavy atom. The third-order valence-electron chi connectivity index (χ3n) is 2.87. The predicted molar refractivity (Wildman–Crippen MR) is 67.0 cm³/mol. The predicted octanol–water partition coefficient (Wildman–Crippen LogP) is 3.28. The van der Waals surface area contributed by atoms with Crippen LogP contribution in [0.5, 0.6) is 0 Å². The summed E-state index contributed by atoms with van der Waals surface area (Å²) in [6.45, 7) is 2.13. The molecule has 1 N–H and O–H groups in total. The average molecular weight is 290 g/mol. The third kappa shape index (κ3) is 2.98. The van der Waals surface area contributed by atoms with E-state index < -0.39 is 12.7 Å². The lowest BCUT2D eigenvalue weighted by molar-refractivity contribution is -0.141. The van der Waals surface area contributed by atoms with Crippen molar-refractivity contribution >= 4 is 11.3 Å². The fraction of sp³-hybridized carbons (Fsp3) is 0.417. The molecular formula is C12H13F3N2OS. The van der Waals surface area contributed by atoms with Gasteiger partial charge in [-0.2, -0.15) is 13.2 Å². The fourth-order valence-electron chi connectivity index (χ4n) is 1.99. The van der Waals surface area contributed by atoms with Crippen molar-refractivity contribution in [1.82, 2.24) is 9.55 Å². The van der Waals surface area contributed by atoms with E-state index in [1.807, 2.05) is 0 Å². The van der Waals surface area contributed by atoms with Crippen molar-refractivity contribution < 1.29 is 18.3 Å². The maximum absolute atomic E-state index is 12.5. The molecule has 0 aliphatic carbocycles. The molecule has 19 heavy (non-hydrogen) atoms. The summed E-state index contributed by atoms with van der Waals surface area (Å²) in [4.78, 5) is 4.18. The number of aromatic nitrogens is 2. The molecule has 2 heterocycles. The van der Waals surface area contributed by atoms with E-state index in [1.165, 1.54) is 15.9 Å². The molecular weight excluding hydrogens is 277 g/mol. The molecule has 2 aromatic rings. The zero-order valence-corrected chi connectivity index (χ0v) is 11.3. The summed E-state index contributed by atoms with van der Waals surface area (Å²) < 4.78 is 38.7. The van der Waals surface area contributed by atoms with Crippen LogP contribution in [0.15, 0.2) is 11.4 Å². The second kappa shape index (κ2) is 4.97. The van der Waals surface area contributed by atoms with Crippen LogP contribution in [0.2, 0.25) is 0 Å². The lowest BCUT2D eigenvalue weighted by Crippen LogP contribution is -2.19. The van der Waals surface area contributed by atoms with Gasteiger partial charge in [0, 0.05) is 22.3 Å². The number of nitrogens with zero attached hydrogens (tertiary/aromatic N) is 2. The van der Waals surface area contributed by atoms with E-state index >= 15 is 0 Å². The van der Waals surface area contributed by atoms with Crippen LogP contribution in [0, 0.1) is 13.8 Å². The Bertz CT molecular complexity index is 586. The third-order valence-corrected chi connectivity index (χ3v) is 3.71. The first kappa shape index (κ1) is 14.1. The normalized spacial score (nSPS) is 12.1. The highest BCUT2D eigenvalue weighted by atomic mass is 32.1. The number of halogens is 3. The highest BCUT2D eigenvalue weighted by Crippen LogP contribution is 2.30. The second-order valence-electron chi connectivity index (χ2n) is 4.27. The van der Waals surface area contributed by atoms with Crippen LogP contribution >= 0.6 is 11.3 Å². The molecule has 0 aliphatic heterocycles. The number of hydrogen-bond donors (Lipinski definition) is 1. The van der Waals surface area contributed by atoms with Crippen molar-refractivity contribution in [2.24, 2.45) is 0 Å². The topological polar surface area (TPSA) is 38.1 Å². The van der Waals surface area contributed by atoms with Gasteiger partial charge in [-0.1, -0.05) is 0 Å². The Morgan fingerprint density at radius 3 is 2.58 bits per heavy atom. The van der Waals surface area contributed by atoms with Crippen LogP contribution in [-0.2, 0) is 13.2 Å². The van der Waals surface area contributed by atoms with Gasteiger partial charge in [-0.25, -0.2) is 4.98 Å². The average Bonchev–Trinajstić information content (AvgIpc) is 2.87. The molecule has 3 nitrogen and oxygen atoms in total. The molecule has 0 aromatic carbocycles. The minimum Gasteiger partial charge on any atom is -0.389 e. The van der Waals surface area contributed by atoms with Crippen molar-refractivity contribution in [3.8, 4) is 11.3 Å². The molecule has 0 saturated carbocycles. The van der Waals surface area contributed by atoms with Crippen molar-refractivity contribution in [1.29, 1.82) is 0 Å². The van der Waals surface area contributed by atoms with Crippen molar-refractivity contribution in [2.45, 2.75) is 33.2 Å². The van der Waals surface area contributed by atoms with Gasteiger partial charge in [-0.05, 0) is 19.9 Å². The summed E-state index contributed by atoms with van der Waals surface area (Å²) in [5.41, 5.74) is 2.36. The van der Waals surface area contributed by atoms with E-state index in [2.05, 4.69) is 4.98 Å². The number of hydrogen-bond acceptors (Lipinski definition) is 3. The molecule has 0 spiro atoms. The van der Waals surface area contributed by atoms with Crippen molar-refractivity contribution in [3.05, 3.63) is 27.8 Å². The smallest absolute Gasteiger partial charge is 0.389 e. The van der Waals surface area contributed by atoms with Gasteiger partial charge in [0.2, 0.25) is 0 Å². The van der Waals surface area contributed by atoms with Crippen LogP contribution in [0.3, 0.4) is 0 Å². The quantitative estimate of drug-likeness (QED) is 0.942. The summed E-state index contributed by atoms with van der Waals surface area (Å²) in [7, 11) is 0. The SMILES string of the molecule is Cc1cc(-c2csc(CO)n2)c(C)n1CC(F)(F)F. The van der Waals surface area contributed by atoms with Crippen LogP contribution in [0.1, 0.15) is 16.4 Å². The van der Waals surface area contributed by atoms with E-state index in [9.17, 15) is 13.2 Å². The molecule has 104 valence electrons. The molecule has 0 fully saturated rings. The summed E-state index contributed by atoms with van der Waals surface area (Å²) >= 11 is 1.29. The molecule has 2 rings (SSSR count). The minimum absolute atomic E-state index is 0.161.